The van der Waals surface area contributed by atoms with E-state index in [1.165, 1.54) is 4.88 Å². The Kier molecular flexibility index (Phi) is 3.96. The summed E-state index contributed by atoms with van der Waals surface area (Å²) in [5.74, 6) is 0. The first-order chi connectivity index (χ1) is 9.44. The van der Waals surface area contributed by atoms with E-state index in [1.54, 1.807) is 15.9 Å². The number of aryl methyl sites for hydroxylation is 2. The normalized spacial score (nSPS) is 13.1. The van der Waals surface area contributed by atoms with Gasteiger partial charge in [0.15, 0.2) is 4.77 Å². The van der Waals surface area contributed by atoms with Crippen molar-refractivity contribution in [1.82, 2.24) is 9.55 Å². The number of fused-ring (bicyclic) bond motifs is 1. The first kappa shape index (κ1) is 16.4. The third kappa shape index (κ3) is 2.99. The molecule has 116 valence electrons. The van der Waals surface area contributed by atoms with Gasteiger partial charge in [0.05, 0.1) is 5.39 Å². The van der Waals surface area contributed by atoms with E-state index in [9.17, 15) is 4.79 Å². The number of nitrogens with one attached hydrogen (secondary N) is 1. The number of hydrogen-bond acceptors (Lipinski definition) is 3. The van der Waals surface area contributed by atoms with Crippen LogP contribution in [0.3, 0.4) is 0 Å². The molecule has 2 rings (SSSR count). The molecule has 0 amide bonds. The van der Waals surface area contributed by atoms with E-state index < -0.39 is 0 Å². The highest BCUT2D eigenvalue weighted by molar-refractivity contribution is 7.71. The molecule has 0 radical (unpaired) electrons. The molecular formula is C16H24N2OS2. The first-order valence-electron chi connectivity index (χ1n) is 7.19. The Balaban J connectivity index is 2.79. The van der Waals surface area contributed by atoms with Crippen LogP contribution in [0, 0.1) is 24.0 Å². The molecule has 1 N–H and O–H groups in total. The zero-order chi connectivity index (χ0) is 16.2. The van der Waals surface area contributed by atoms with Gasteiger partial charge in [0.25, 0.3) is 5.56 Å². The monoisotopic (exact) mass is 324 g/mol. The van der Waals surface area contributed by atoms with Crippen LogP contribution in [0.5, 0.6) is 0 Å². The molecule has 0 aliphatic carbocycles. The van der Waals surface area contributed by atoms with Crippen molar-refractivity contribution in [3.63, 3.8) is 0 Å². The van der Waals surface area contributed by atoms with Crippen LogP contribution in [0.25, 0.3) is 10.2 Å². The highest BCUT2D eigenvalue weighted by Crippen LogP contribution is 2.33. The summed E-state index contributed by atoms with van der Waals surface area (Å²) in [6.07, 6.45) is 0.880. The molecule has 0 bridgehead atoms. The molecule has 2 heterocycles. The van der Waals surface area contributed by atoms with E-state index in [1.807, 2.05) is 13.8 Å². The van der Waals surface area contributed by atoms with E-state index >= 15 is 0 Å². The highest BCUT2D eigenvalue weighted by Gasteiger charge is 2.30. The van der Waals surface area contributed by atoms with Crippen LogP contribution >= 0.6 is 23.6 Å². The van der Waals surface area contributed by atoms with Crippen LogP contribution in [-0.2, 0) is 5.54 Å². The first-order valence-corrected chi connectivity index (χ1v) is 8.42. The minimum Gasteiger partial charge on any atom is -0.323 e. The SMILES string of the molecule is Cc1sc2[nH]c(=S)n(C(C)(C)CC(C)(C)C)c(=O)c2c1C. The Morgan fingerprint density at radius 3 is 2.29 bits per heavy atom. The summed E-state index contributed by atoms with van der Waals surface area (Å²) >= 11 is 7.07. The Hall–Kier alpha value is -0.940. The predicted molar refractivity (Wildman–Crippen MR) is 94.1 cm³/mol. The average molecular weight is 325 g/mol. The number of hydrogen-bond donors (Lipinski definition) is 1. The van der Waals surface area contributed by atoms with E-state index in [4.69, 9.17) is 12.2 Å². The third-order valence-corrected chi connectivity index (χ3v) is 5.20. The van der Waals surface area contributed by atoms with Crippen molar-refractivity contribution in [2.75, 3.05) is 0 Å². The quantitative estimate of drug-likeness (QED) is 0.797. The van der Waals surface area contributed by atoms with Crippen LogP contribution in [0.2, 0.25) is 0 Å². The summed E-state index contributed by atoms with van der Waals surface area (Å²) in [7, 11) is 0. The molecular weight excluding hydrogens is 300 g/mol. The standard InChI is InChI=1S/C16H24N2OS2/c1-9-10(2)21-12-11(9)13(19)18(14(20)17-12)16(6,7)8-15(3,4)5/h8H2,1-7H3,(H,17,20). The van der Waals surface area contributed by atoms with Crippen molar-refractivity contribution < 1.29 is 0 Å². The van der Waals surface area contributed by atoms with Gasteiger partial charge < -0.3 is 4.98 Å². The number of aromatic amines is 1. The summed E-state index contributed by atoms with van der Waals surface area (Å²) in [6, 6.07) is 0. The van der Waals surface area contributed by atoms with Gasteiger partial charge in [0, 0.05) is 10.4 Å². The van der Waals surface area contributed by atoms with Gasteiger partial charge in [-0.15, -0.1) is 11.3 Å². The van der Waals surface area contributed by atoms with Gasteiger partial charge in [-0.3, -0.25) is 9.36 Å². The van der Waals surface area contributed by atoms with Gasteiger partial charge in [-0.25, -0.2) is 0 Å². The molecule has 5 heteroatoms. The fourth-order valence-corrected chi connectivity index (χ4v) is 4.80. The predicted octanol–water partition coefficient (Wildman–Crippen LogP) is 4.91. The summed E-state index contributed by atoms with van der Waals surface area (Å²) in [6.45, 7) is 14.8. The molecule has 0 spiro atoms. The van der Waals surface area contributed by atoms with Gasteiger partial charge in [-0.2, -0.15) is 0 Å². The molecule has 0 fully saturated rings. The van der Waals surface area contributed by atoms with Crippen molar-refractivity contribution in [2.24, 2.45) is 5.41 Å². The molecule has 0 unspecified atom stereocenters. The number of rotatable bonds is 2. The van der Waals surface area contributed by atoms with Gasteiger partial charge in [0.1, 0.15) is 4.83 Å². The maximum atomic E-state index is 13.0. The Bertz CT molecular complexity index is 801. The lowest BCUT2D eigenvalue weighted by atomic mass is 9.81. The van der Waals surface area contributed by atoms with Crippen molar-refractivity contribution in [1.29, 1.82) is 0 Å². The lowest BCUT2D eigenvalue weighted by molar-refractivity contribution is 0.207. The topological polar surface area (TPSA) is 37.8 Å². The molecule has 0 saturated carbocycles. The number of aromatic nitrogens is 2. The second kappa shape index (κ2) is 5.06. The summed E-state index contributed by atoms with van der Waals surface area (Å²) in [5, 5.41) is 0.785. The molecule has 0 saturated heterocycles. The average Bonchev–Trinajstić information content (AvgIpc) is 2.49. The summed E-state index contributed by atoms with van der Waals surface area (Å²) in [5.41, 5.74) is 0.898. The van der Waals surface area contributed by atoms with Gasteiger partial charge in [-0.1, -0.05) is 20.8 Å². The Morgan fingerprint density at radius 1 is 1.19 bits per heavy atom. The lowest BCUT2D eigenvalue weighted by Crippen LogP contribution is -2.40. The second-order valence-electron chi connectivity index (χ2n) is 7.61. The fraction of sp³-hybridized carbons (Fsp3) is 0.625. The highest BCUT2D eigenvalue weighted by atomic mass is 32.1. The minimum absolute atomic E-state index is 0.0323. The van der Waals surface area contributed by atoms with E-state index in [0.717, 1.165) is 22.2 Å². The Morgan fingerprint density at radius 2 is 1.76 bits per heavy atom. The van der Waals surface area contributed by atoms with Gasteiger partial charge in [-0.05, 0) is 57.3 Å². The maximum absolute atomic E-state index is 13.0. The number of H-pyrrole nitrogens is 1. The van der Waals surface area contributed by atoms with Crippen LogP contribution in [0.4, 0.5) is 0 Å². The number of nitrogens with zero attached hydrogens (tertiary/aromatic N) is 1. The molecule has 0 aliphatic rings. The van der Waals surface area contributed by atoms with Crippen LogP contribution in [0.15, 0.2) is 4.79 Å². The van der Waals surface area contributed by atoms with Gasteiger partial charge in [0.2, 0.25) is 0 Å². The lowest BCUT2D eigenvalue weighted by Gasteiger charge is -2.34. The van der Waals surface area contributed by atoms with Crippen molar-refractivity contribution in [3.05, 3.63) is 25.6 Å². The van der Waals surface area contributed by atoms with Gasteiger partial charge >= 0.3 is 0 Å². The molecule has 0 atom stereocenters. The minimum atomic E-state index is -0.320. The molecule has 0 aromatic carbocycles. The second-order valence-corrected chi connectivity index (χ2v) is 9.22. The molecule has 3 nitrogen and oxygen atoms in total. The maximum Gasteiger partial charge on any atom is 0.263 e. The Labute approximate surface area is 135 Å². The van der Waals surface area contributed by atoms with Crippen LogP contribution in [-0.4, -0.2) is 9.55 Å². The van der Waals surface area contributed by atoms with E-state index in [0.29, 0.717) is 4.77 Å². The molecule has 2 aromatic heterocycles. The van der Waals surface area contributed by atoms with Crippen LogP contribution < -0.4 is 5.56 Å². The third-order valence-electron chi connectivity index (χ3n) is 3.79. The summed E-state index contributed by atoms with van der Waals surface area (Å²) in [4.78, 5) is 18.3. The van der Waals surface area contributed by atoms with E-state index in [-0.39, 0.29) is 16.5 Å². The largest absolute Gasteiger partial charge is 0.323 e. The van der Waals surface area contributed by atoms with E-state index in [2.05, 4.69) is 39.6 Å². The van der Waals surface area contributed by atoms with Crippen LogP contribution in [0.1, 0.15) is 51.5 Å². The summed E-state index contributed by atoms with van der Waals surface area (Å²) < 4.78 is 2.28. The fourth-order valence-electron chi connectivity index (χ4n) is 3.26. The smallest absolute Gasteiger partial charge is 0.263 e. The molecule has 0 aliphatic heterocycles. The van der Waals surface area contributed by atoms with Crippen molar-refractivity contribution in [2.45, 2.75) is 60.4 Å². The number of thiophene rings is 1. The zero-order valence-corrected chi connectivity index (χ0v) is 15.5. The van der Waals surface area contributed by atoms with Crippen molar-refractivity contribution in [3.8, 4) is 0 Å². The van der Waals surface area contributed by atoms with Crippen molar-refractivity contribution >= 4 is 33.8 Å². The zero-order valence-electron chi connectivity index (χ0n) is 13.9. The molecule has 21 heavy (non-hydrogen) atoms. The molecule has 2 aromatic rings.